The van der Waals surface area contributed by atoms with E-state index in [9.17, 15) is 4.79 Å². The zero-order valence-corrected chi connectivity index (χ0v) is 12.4. The molecule has 1 saturated carbocycles. The monoisotopic (exact) mass is 320 g/mol. The molecule has 0 spiro atoms. The molecule has 0 bridgehead atoms. The number of hydrogen-bond acceptors (Lipinski definition) is 2. The van der Waals surface area contributed by atoms with E-state index in [0.29, 0.717) is 5.92 Å². The van der Waals surface area contributed by atoms with E-state index < -0.39 is 0 Å². The van der Waals surface area contributed by atoms with E-state index in [1.165, 1.54) is 32.1 Å². The number of esters is 1. The van der Waals surface area contributed by atoms with Gasteiger partial charge in [0.05, 0.1) is 5.57 Å². The summed E-state index contributed by atoms with van der Waals surface area (Å²) in [5.74, 6) is 0.351. The Labute approximate surface area is 122 Å². The van der Waals surface area contributed by atoms with Gasteiger partial charge in [-0.1, -0.05) is 49.6 Å². The van der Waals surface area contributed by atoms with E-state index in [1.807, 2.05) is 30.3 Å². The van der Waals surface area contributed by atoms with Crippen LogP contribution < -0.4 is 0 Å². The first-order valence-corrected chi connectivity index (χ1v) is 7.73. The smallest absolute Gasteiger partial charge is 0.339 e. The highest BCUT2D eigenvalue weighted by Gasteiger charge is 2.43. The lowest BCUT2D eigenvalue weighted by molar-refractivity contribution is -0.160. The molecule has 2 fully saturated rings. The summed E-state index contributed by atoms with van der Waals surface area (Å²) in [7, 11) is 0. The zero-order chi connectivity index (χ0) is 13.2. The van der Waals surface area contributed by atoms with Crippen molar-refractivity contribution >= 4 is 26.4 Å². The number of cyclic esters (lactones) is 1. The van der Waals surface area contributed by atoms with Crippen LogP contribution in [0.5, 0.6) is 0 Å². The molecule has 1 aromatic rings. The van der Waals surface area contributed by atoms with E-state index in [4.69, 9.17) is 4.74 Å². The van der Waals surface area contributed by atoms with Gasteiger partial charge in [-0.15, -0.1) is 0 Å². The Kier molecular flexibility index (Phi) is 3.74. The van der Waals surface area contributed by atoms with E-state index in [0.717, 1.165) is 15.6 Å². The molecule has 1 aromatic carbocycles. The molecule has 1 heterocycles. The van der Waals surface area contributed by atoms with Gasteiger partial charge in [0, 0.05) is 10.4 Å². The van der Waals surface area contributed by atoms with E-state index in [-0.39, 0.29) is 12.1 Å². The maximum atomic E-state index is 11.8. The van der Waals surface area contributed by atoms with Gasteiger partial charge in [-0.05, 0) is 34.3 Å². The number of hydrogen-bond donors (Lipinski definition) is 0. The summed E-state index contributed by atoms with van der Waals surface area (Å²) in [5.41, 5.74) is 1.88. The maximum absolute atomic E-state index is 11.8. The number of carbonyl (C=O) groups is 1. The molecule has 0 amide bonds. The first kappa shape index (κ1) is 12.9. The van der Waals surface area contributed by atoms with Crippen LogP contribution in [-0.2, 0) is 9.53 Å². The quantitative estimate of drug-likeness (QED) is 0.600. The van der Waals surface area contributed by atoms with E-state index in [1.54, 1.807) is 0 Å². The van der Waals surface area contributed by atoms with Crippen LogP contribution in [0, 0.1) is 5.92 Å². The lowest BCUT2D eigenvalue weighted by Gasteiger charge is -2.38. The summed E-state index contributed by atoms with van der Waals surface area (Å²) in [5, 5.41) is 0. The number of rotatable bonds is 2. The molecule has 0 aromatic heterocycles. The Morgan fingerprint density at radius 2 is 1.79 bits per heavy atom. The van der Waals surface area contributed by atoms with Gasteiger partial charge in [-0.3, -0.25) is 0 Å². The molecule has 2 aliphatic rings. The average molecular weight is 321 g/mol. The second kappa shape index (κ2) is 5.49. The molecule has 1 aliphatic carbocycles. The normalized spacial score (nSPS) is 26.6. The summed E-state index contributed by atoms with van der Waals surface area (Å²) in [6.45, 7) is 0. The van der Waals surface area contributed by atoms with Crippen LogP contribution in [0.25, 0.3) is 4.48 Å². The predicted octanol–water partition coefficient (Wildman–Crippen LogP) is 4.30. The molecule has 1 aliphatic heterocycles. The van der Waals surface area contributed by atoms with Crippen LogP contribution in [0.3, 0.4) is 0 Å². The number of carbonyl (C=O) groups excluding carboxylic acids is 1. The van der Waals surface area contributed by atoms with Gasteiger partial charge in [0.2, 0.25) is 0 Å². The van der Waals surface area contributed by atoms with Gasteiger partial charge in [0.25, 0.3) is 0 Å². The predicted molar refractivity (Wildman–Crippen MR) is 78.7 cm³/mol. The second-order valence-corrected chi connectivity index (χ2v) is 6.11. The van der Waals surface area contributed by atoms with Gasteiger partial charge in [0.15, 0.2) is 0 Å². The van der Waals surface area contributed by atoms with Crippen molar-refractivity contribution in [3.8, 4) is 0 Å². The largest absolute Gasteiger partial charge is 0.453 e. The Morgan fingerprint density at radius 3 is 2.42 bits per heavy atom. The molecule has 2 nitrogen and oxygen atoms in total. The molecule has 0 N–H and O–H groups in total. The van der Waals surface area contributed by atoms with Crippen molar-refractivity contribution in [2.24, 2.45) is 5.92 Å². The number of halogens is 1. The Balaban J connectivity index is 1.87. The van der Waals surface area contributed by atoms with Gasteiger partial charge in [0.1, 0.15) is 6.10 Å². The van der Waals surface area contributed by atoms with Gasteiger partial charge >= 0.3 is 5.97 Å². The van der Waals surface area contributed by atoms with Crippen LogP contribution in [0.15, 0.2) is 35.9 Å². The highest BCUT2D eigenvalue weighted by atomic mass is 79.9. The van der Waals surface area contributed by atoms with E-state index in [2.05, 4.69) is 15.9 Å². The molecule has 19 heavy (non-hydrogen) atoms. The lowest BCUT2D eigenvalue weighted by atomic mass is 9.80. The van der Waals surface area contributed by atoms with Crippen molar-refractivity contribution in [3.05, 3.63) is 41.5 Å². The fourth-order valence-electron chi connectivity index (χ4n) is 3.02. The third kappa shape index (κ3) is 2.48. The number of benzene rings is 1. The molecule has 1 saturated heterocycles. The van der Waals surface area contributed by atoms with Crippen LogP contribution in [0.2, 0.25) is 0 Å². The average Bonchev–Trinajstić information content (AvgIpc) is 2.46. The van der Waals surface area contributed by atoms with Crippen LogP contribution in [0.1, 0.15) is 37.7 Å². The van der Waals surface area contributed by atoms with Crippen molar-refractivity contribution in [1.29, 1.82) is 0 Å². The minimum atomic E-state index is -0.161. The molecule has 0 radical (unpaired) electrons. The zero-order valence-electron chi connectivity index (χ0n) is 10.8. The highest BCUT2D eigenvalue weighted by Crippen LogP contribution is 2.41. The molecule has 100 valence electrons. The molecular weight excluding hydrogens is 304 g/mol. The fourth-order valence-corrected chi connectivity index (χ4v) is 3.67. The summed E-state index contributed by atoms with van der Waals surface area (Å²) in [4.78, 5) is 11.8. The Hall–Kier alpha value is -1.09. The van der Waals surface area contributed by atoms with Crippen LogP contribution >= 0.6 is 15.9 Å². The van der Waals surface area contributed by atoms with Gasteiger partial charge in [-0.25, -0.2) is 4.79 Å². The topological polar surface area (TPSA) is 26.3 Å². The lowest BCUT2D eigenvalue weighted by Crippen LogP contribution is -2.43. The standard InChI is InChI=1S/C16H17BrO2/c17-14(11-7-3-1-4-8-11)13-15(19-16(13)18)12-9-5-2-6-10-12/h1,3-4,7-8,12,15H,2,5-6,9-10H2/b14-13-. The van der Waals surface area contributed by atoms with Gasteiger partial charge in [-0.2, -0.15) is 0 Å². The number of ether oxygens (including phenoxy) is 1. The second-order valence-electron chi connectivity index (χ2n) is 5.32. The van der Waals surface area contributed by atoms with Crippen LogP contribution in [-0.4, -0.2) is 12.1 Å². The first-order chi connectivity index (χ1) is 9.27. The van der Waals surface area contributed by atoms with Crippen LogP contribution in [0.4, 0.5) is 0 Å². The van der Waals surface area contributed by atoms with Crippen molar-refractivity contribution < 1.29 is 9.53 Å². The summed E-state index contributed by atoms with van der Waals surface area (Å²) in [6.07, 6.45) is 6.19. The summed E-state index contributed by atoms with van der Waals surface area (Å²) < 4.78 is 6.31. The molecule has 3 rings (SSSR count). The molecule has 1 unspecified atom stereocenters. The third-order valence-electron chi connectivity index (χ3n) is 4.08. The summed E-state index contributed by atoms with van der Waals surface area (Å²) >= 11 is 3.59. The third-order valence-corrected chi connectivity index (χ3v) is 4.97. The minimum Gasteiger partial charge on any atom is -0.453 e. The minimum absolute atomic E-state index is 0.00220. The molecular formula is C16H17BrO2. The molecule has 1 atom stereocenters. The SMILES string of the molecule is O=C1OC(C2CCCCC2)/C1=C(/Br)c1ccccc1. The molecule has 3 heteroatoms. The highest BCUT2D eigenvalue weighted by molar-refractivity contribution is 9.15. The van der Waals surface area contributed by atoms with Gasteiger partial charge < -0.3 is 4.74 Å². The summed E-state index contributed by atoms with van der Waals surface area (Å²) in [6, 6.07) is 9.97. The Bertz CT molecular complexity index is 501. The van der Waals surface area contributed by atoms with Crippen molar-refractivity contribution in [2.75, 3.05) is 0 Å². The fraction of sp³-hybridized carbons (Fsp3) is 0.438. The Morgan fingerprint density at radius 1 is 1.11 bits per heavy atom. The van der Waals surface area contributed by atoms with Crippen molar-refractivity contribution in [3.63, 3.8) is 0 Å². The first-order valence-electron chi connectivity index (χ1n) is 6.93. The maximum Gasteiger partial charge on any atom is 0.339 e. The van der Waals surface area contributed by atoms with E-state index >= 15 is 0 Å². The van der Waals surface area contributed by atoms with Crippen molar-refractivity contribution in [1.82, 2.24) is 0 Å². The van der Waals surface area contributed by atoms with Crippen molar-refractivity contribution in [2.45, 2.75) is 38.2 Å².